The third-order valence-electron chi connectivity index (χ3n) is 5.28. The van der Waals surface area contributed by atoms with Crippen molar-refractivity contribution in [3.8, 4) is 5.13 Å². The molecule has 0 aliphatic carbocycles. The maximum absolute atomic E-state index is 5.09. The molecular formula is C20H21N5S2. The molecule has 0 bridgehead atoms. The van der Waals surface area contributed by atoms with Crippen LogP contribution in [-0.2, 0) is 0 Å². The van der Waals surface area contributed by atoms with Gasteiger partial charge in [0.25, 0.3) is 0 Å². The lowest BCUT2D eigenvalue weighted by atomic mass is 9.96. The van der Waals surface area contributed by atoms with E-state index in [1.165, 1.54) is 17.0 Å². The lowest BCUT2D eigenvalue weighted by molar-refractivity contribution is 0.320. The van der Waals surface area contributed by atoms with Crippen molar-refractivity contribution in [1.82, 2.24) is 19.4 Å². The van der Waals surface area contributed by atoms with E-state index >= 15 is 0 Å². The number of aryl methyl sites for hydroxylation is 1. The average Bonchev–Trinajstić information content (AvgIpc) is 3.40. The Hall–Kier alpha value is -2.12. The Bertz CT molecular complexity index is 993. The molecule has 5 nitrogen and oxygen atoms in total. The van der Waals surface area contributed by atoms with Gasteiger partial charge >= 0.3 is 0 Å². The fourth-order valence-corrected chi connectivity index (χ4v) is 6.01. The number of thioether (sulfide) groups is 1. The fourth-order valence-electron chi connectivity index (χ4n) is 4.16. The molecule has 1 saturated heterocycles. The molecule has 0 unspecified atom stereocenters. The van der Waals surface area contributed by atoms with Crippen LogP contribution in [0.1, 0.15) is 41.7 Å². The van der Waals surface area contributed by atoms with Crippen LogP contribution in [0.2, 0.25) is 0 Å². The van der Waals surface area contributed by atoms with Gasteiger partial charge in [0.1, 0.15) is 6.04 Å². The first-order chi connectivity index (χ1) is 13.1. The molecule has 0 N–H and O–H groups in total. The fraction of sp³-hybridized carbons (Fsp3) is 0.350. The molecule has 5 heterocycles. The number of rotatable bonds is 3. The highest BCUT2D eigenvalue weighted by atomic mass is 32.2. The third kappa shape index (κ3) is 2.72. The number of thiazole rings is 1. The smallest absolute Gasteiger partial charge is 0.193 e. The first-order valence-corrected chi connectivity index (χ1v) is 10.9. The van der Waals surface area contributed by atoms with Crippen LogP contribution in [0.25, 0.3) is 5.13 Å². The highest BCUT2D eigenvalue weighted by Gasteiger charge is 2.44. The quantitative estimate of drug-likeness (QED) is 0.653. The van der Waals surface area contributed by atoms with E-state index in [1.54, 1.807) is 11.3 Å². The van der Waals surface area contributed by atoms with Crippen molar-refractivity contribution in [3.05, 3.63) is 64.7 Å². The van der Waals surface area contributed by atoms with Gasteiger partial charge in [0.2, 0.25) is 0 Å². The molecule has 3 aromatic heterocycles. The van der Waals surface area contributed by atoms with E-state index in [-0.39, 0.29) is 12.1 Å². The lowest BCUT2D eigenvalue weighted by Crippen LogP contribution is -2.28. The second kappa shape index (κ2) is 6.49. The van der Waals surface area contributed by atoms with Crippen molar-refractivity contribution in [3.63, 3.8) is 0 Å². The Balaban J connectivity index is 1.63. The van der Waals surface area contributed by atoms with Crippen LogP contribution in [0.4, 0.5) is 0 Å². The minimum Gasteiger partial charge on any atom is -0.341 e. The zero-order valence-electron chi connectivity index (χ0n) is 15.5. The summed E-state index contributed by atoms with van der Waals surface area (Å²) in [7, 11) is 0. The molecule has 3 aromatic rings. The minimum atomic E-state index is 0.0337. The molecule has 0 saturated carbocycles. The molecule has 0 aromatic carbocycles. The van der Waals surface area contributed by atoms with Gasteiger partial charge in [-0.05, 0) is 37.6 Å². The zero-order chi connectivity index (χ0) is 18.5. The van der Waals surface area contributed by atoms with Crippen LogP contribution in [-0.4, -0.2) is 36.4 Å². The number of hydrogen-bond acceptors (Lipinski definition) is 6. The van der Waals surface area contributed by atoms with E-state index in [0.717, 1.165) is 22.5 Å². The number of aromatic nitrogens is 3. The summed E-state index contributed by atoms with van der Waals surface area (Å²) < 4.78 is 2.26. The monoisotopic (exact) mass is 395 g/mol. The third-order valence-corrected chi connectivity index (χ3v) is 7.14. The number of amidine groups is 1. The van der Waals surface area contributed by atoms with E-state index in [9.17, 15) is 0 Å². The average molecular weight is 396 g/mol. The van der Waals surface area contributed by atoms with Crippen molar-refractivity contribution >= 4 is 28.3 Å². The normalized spacial score (nSPS) is 24.3. The van der Waals surface area contributed by atoms with Crippen LogP contribution in [0, 0.1) is 13.8 Å². The topological polar surface area (TPSA) is 46.3 Å². The highest BCUT2D eigenvalue weighted by Crippen LogP contribution is 2.48. The molecule has 7 heteroatoms. The number of hydrogen-bond donors (Lipinski definition) is 0. The molecule has 27 heavy (non-hydrogen) atoms. The van der Waals surface area contributed by atoms with Gasteiger partial charge < -0.3 is 4.90 Å². The molecule has 0 radical (unpaired) electrons. The van der Waals surface area contributed by atoms with Crippen LogP contribution < -0.4 is 0 Å². The van der Waals surface area contributed by atoms with Gasteiger partial charge in [0.15, 0.2) is 10.3 Å². The SMILES string of the molecule is Cc1cc([C@@H]2[C@@H](c3ccccn3)N=C3S[C@@H](C)CN32)c(C)n1-c1nccs1. The van der Waals surface area contributed by atoms with Crippen LogP contribution in [0.15, 0.2) is 47.0 Å². The predicted octanol–water partition coefficient (Wildman–Crippen LogP) is 4.53. The molecule has 0 spiro atoms. The summed E-state index contributed by atoms with van der Waals surface area (Å²) in [5, 5.41) is 4.77. The Kier molecular flexibility index (Phi) is 4.09. The van der Waals surface area contributed by atoms with Gasteiger partial charge in [-0.15, -0.1) is 11.3 Å². The molecule has 1 fully saturated rings. The lowest BCUT2D eigenvalue weighted by Gasteiger charge is -2.27. The molecule has 2 aliphatic heterocycles. The predicted molar refractivity (Wildman–Crippen MR) is 112 cm³/mol. The summed E-state index contributed by atoms with van der Waals surface area (Å²) in [4.78, 5) is 16.7. The van der Waals surface area contributed by atoms with Crippen LogP contribution in [0.3, 0.4) is 0 Å². The van der Waals surface area contributed by atoms with Gasteiger partial charge in [0, 0.05) is 41.0 Å². The second-order valence-corrected chi connectivity index (χ2v) is 9.39. The van der Waals surface area contributed by atoms with Crippen LogP contribution in [0.5, 0.6) is 0 Å². The summed E-state index contributed by atoms with van der Waals surface area (Å²) in [6.07, 6.45) is 3.73. The first kappa shape index (κ1) is 17.0. The van der Waals surface area contributed by atoms with Gasteiger partial charge in [-0.2, -0.15) is 0 Å². The van der Waals surface area contributed by atoms with E-state index in [0.29, 0.717) is 5.25 Å². The maximum Gasteiger partial charge on any atom is 0.193 e. The van der Waals surface area contributed by atoms with E-state index in [4.69, 9.17) is 4.99 Å². The zero-order valence-corrected chi connectivity index (χ0v) is 17.2. The molecule has 3 atom stereocenters. The summed E-state index contributed by atoms with van der Waals surface area (Å²) in [5.41, 5.74) is 4.82. The van der Waals surface area contributed by atoms with Crippen molar-refractivity contribution < 1.29 is 0 Å². The largest absolute Gasteiger partial charge is 0.341 e. The molecule has 2 aliphatic rings. The van der Waals surface area contributed by atoms with E-state index in [2.05, 4.69) is 58.4 Å². The summed E-state index contributed by atoms with van der Waals surface area (Å²) in [6.45, 7) is 7.66. The van der Waals surface area contributed by atoms with Crippen molar-refractivity contribution in [1.29, 1.82) is 0 Å². The van der Waals surface area contributed by atoms with E-state index < -0.39 is 0 Å². The Morgan fingerprint density at radius 3 is 2.78 bits per heavy atom. The molecular weight excluding hydrogens is 374 g/mol. The Morgan fingerprint density at radius 2 is 2.04 bits per heavy atom. The molecule has 5 rings (SSSR count). The first-order valence-electron chi connectivity index (χ1n) is 9.14. The maximum atomic E-state index is 5.09. The van der Waals surface area contributed by atoms with Crippen molar-refractivity contribution in [2.75, 3.05) is 6.54 Å². The Labute approximate surface area is 167 Å². The summed E-state index contributed by atoms with van der Waals surface area (Å²) >= 11 is 3.55. The number of fused-ring (bicyclic) bond motifs is 1. The van der Waals surface area contributed by atoms with Gasteiger partial charge in [-0.1, -0.05) is 24.8 Å². The van der Waals surface area contributed by atoms with Crippen molar-refractivity contribution in [2.24, 2.45) is 4.99 Å². The van der Waals surface area contributed by atoms with Crippen molar-refractivity contribution in [2.45, 2.75) is 38.1 Å². The number of nitrogens with zero attached hydrogens (tertiary/aromatic N) is 5. The summed E-state index contributed by atoms with van der Waals surface area (Å²) in [5.74, 6) is 0. The minimum absolute atomic E-state index is 0.0337. The summed E-state index contributed by atoms with van der Waals surface area (Å²) in [6, 6.07) is 8.64. The van der Waals surface area contributed by atoms with E-state index in [1.807, 2.05) is 35.6 Å². The van der Waals surface area contributed by atoms with Gasteiger partial charge in [0.05, 0.1) is 11.7 Å². The standard InChI is InChI=1S/C20H21N5S2/c1-12-10-15(14(3)25(12)19-22-8-9-26-19)18-17(16-6-4-5-7-21-16)23-20-24(18)11-13(2)27-20/h4-10,13,17-18H,11H2,1-3H3/t13-,17+,18+/m0/s1. The van der Waals surface area contributed by atoms with Crippen LogP contribution >= 0.6 is 23.1 Å². The molecule has 138 valence electrons. The van der Waals surface area contributed by atoms with Gasteiger partial charge in [-0.3, -0.25) is 14.5 Å². The Morgan fingerprint density at radius 1 is 1.15 bits per heavy atom. The second-order valence-electron chi connectivity index (χ2n) is 7.11. The highest BCUT2D eigenvalue weighted by molar-refractivity contribution is 8.14. The number of aliphatic imine (C=N–C) groups is 1. The number of pyridine rings is 1. The van der Waals surface area contributed by atoms with Gasteiger partial charge in [-0.25, -0.2) is 4.98 Å². The molecule has 0 amide bonds.